The minimum absolute atomic E-state index is 0.171. The van der Waals surface area contributed by atoms with Crippen LogP contribution in [0.3, 0.4) is 0 Å². The number of benzene rings is 1. The van der Waals surface area contributed by atoms with Gasteiger partial charge in [0.1, 0.15) is 0 Å². The van der Waals surface area contributed by atoms with Gasteiger partial charge in [0.05, 0.1) is 18.8 Å². The Morgan fingerprint density at radius 1 is 1.32 bits per heavy atom. The van der Waals surface area contributed by atoms with Gasteiger partial charge >= 0.3 is 6.09 Å². The molecule has 5 nitrogen and oxygen atoms in total. The fourth-order valence-corrected chi connectivity index (χ4v) is 4.33. The first-order valence-electron chi connectivity index (χ1n) is 10.6. The highest BCUT2D eigenvalue weighted by Gasteiger charge is 2.43. The van der Waals surface area contributed by atoms with Gasteiger partial charge in [0.25, 0.3) is 0 Å². The number of ether oxygens (including phenoxy) is 2. The van der Waals surface area contributed by atoms with Gasteiger partial charge in [-0.1, -0.05) is 50.4 Å². The molecule has 1 fully saturated rings. The van der Waals surface area contributed by atoms with Gasteiger partial charge in [0.15, 0.2) is 0 Å². The first-order valence-corrected chi connectivity index (χ1v) is 11.0. The fourth-order valence-electron chi connectivity index (χ4n) is 4.14. The third kappa shape index (κ3) is 5.85. The summed E-state index contributed by atoms with van der Waals surface area (Å²) in [5.41, 5.74) is 6.35. The monoisotopic (exact) mass is 410 g/mol. The van der Waals surface area contributed by atoms with Crippen LogP contribution in [0, 0.1) is 5.92 Å². The number of amides is 1. The molecule has 158 valence electrons. The third-order valence-corrected chi connectivity index (χ3v) is 5.71. The lowest BCUT2D eigenvalue weighted by Crippen LogP contribution is -2.50. The molecule has 1 heterocycles. The molecule has 6 heteroatoms. The average molecular weight is 411 g/mol. The summed E-state index contributed by atoms with van der Waals surface area (Å²) in [6.45, 7) is 7.02. The molecular weight excluding hydrogens is 376 g/mol. The van der Waals surface area contributed by atoms with Crippen LogP contribution in [0.25, 0.3) is 0 Å². The molecule has 1 aromatic rings. The number of hydrogen-bond acceptors (Lipinski definition) is 4. The lowest BCUT2D eigenvalue weighted by Gasteiger charge is -2.45. The van der Waals surface area contributed by atoms with E-state index in [1.54, 1.807) is 0 Å². The number of unbranched alkanes of at least 4 members (excludes halogenated alkanes) is 1. The van der Waals surface area contributed by atoms with E-state index in [2.05, 4.69) is 19.9 Å². The molecule has 1 aliphatic heterocycles. The summed E-state index contributed by atoms with van der Waals surface area (Å²) in [4.78, 5) is 14.4. The Balaban J connectivity index is 2.27. The number of rotatable bonds is 10. The second-order valence-electron chi connectivity index (χ2n) is 7.54. The second-order valence-corrected chi connectivity index (χ2v) is 7.98. The summed E-state index contributed by atoms with van der Waals surface area (Å²) < 4.78 is 11.9. The number of piperidine rings is 1. The molecule has 1 saturated heterocycles. The normalized spacial score (nSPS) is 19.3. The van der Waals surface area contributed by atoms with E-state index in [4.69, 9.17) is 26.8 Å². The summed E-state index contributed by atoms with van der Waals surface area (Å²) in [7, 11) is 0. The number of nitrogens with two attached hydrogens (primary N) is 1. The zero-order valence-electron chi connectivity index (χ0n) is 17.3. The molecule has 0 saturated carbocycles. The highest BCUT2D eigenvalue weighted by Crippen LogP contribution is 2.43. The first kappa shape index (κ1) is 23.0. The van der Waals surface area contributed by atoms with Crippen LogP contribution in [0.5, 0.6) is 0 Å². The highest BCUT2D eigenvalue weighted by molar-refractivity contribution is 6.30. The predicted octanol–water partition coefficient (Wildman–Crippen LogP) is 4.96. The minimum atomic E-state index is -0.499. The molecule has 0 spiro atoms. The largest absolute Gasteiger partial charge is 0.449 e. The molecule has 0 aromatic heterocycles. The van der Waals surface area contributed by atoms with E-state index in [0.717, 1.165) is 50.6 Å². The zero-order valence-corrected chi connectivity index (χ0v) is 18.0. The van der Waals surface area contributed by atoms with E-state index in [1.165, 1.54) is 0 Å². The molecule has 2 atom stereocenters. The number of nitrogens with zero attached hydrogens (tertiary/aromatic N) is 1. The quantitative estimate of drug-likeness (QED) is 0.553. The molecule has 1 aliphatic rings. The molecule has 2 N–H and O–H groups in total. The number of carbonyl (C=O) groups is 1. The highest BCUT2D eigenvalue weighted by atomic mass is 35.5. The van der Waals surface area contributed by atoms with Gasteiger partial charge in [0, 0.05) is 30.6 Å². The SMILES string of the molecule is CCCCOC(=O)N1CCCC([C@@](CCC)(OCCN)c2cccc(Cl)c2)C1. The maximum Gasteiger partial charge on any atom is 0.409 e. The van der Waals surface area contributed by atoms with Gasteiger partial charge < -0.3 is 20.1 Å². The van der Waals surface area contributed by atoms with Crippen molar-refractivity contribution in [2.24, 2.45) is 11.7 Å². The molecule has 0 bridgehead atoms. The molecule has 0 radical (unpaired) electrons. The Morgan fingerprint density at radius 3 is 2.82 bits per heavy atom. The van der Waals surface area contributed by atoms with Crippen molar-refractivity contribution in [2.45, 2.75) is 58.0 Å². The van der Waals surface area contributed by atoms with Crippen LogP contribution in [-0.2, 0) is 15.1 Å². The number of halogens is 1. The van der Waals surface area contributed by atoms with E-state index < -0.39 is 5.60 Å². The zero-order chi connectivity index (χ0) is 20.4. The second kappa shape index (κ2) is 11.6. The van der Waals surface area contributed by atoms with Gasteiger partial charge in [-0.3, -0.25) is 0 Å². The molecule has 1 aromatic carbocycles. The van der Waals surface area contributed by atoms with Crippen LogP contribution in [0.1, 0.15) is 57.9 Å². The minimum Gasteiger partial charge on any atom is -0.449 e. The summed E-state index contributed by atoms with van der Waals surface area (Å²) in [6.07, 6.45) is 5.45. The smallest absolute Gasteiger partial charge is 0.409 e. The molecule has 2 rings (SSSR count). The van der Waals surface area contributed by atoms with Gasteiger partial charge in [-0.25, -0.2) is 4.79 Å². The van der Waals surface area contributed by atoms with Gasteiger partial charge in [-0.15, -0.1) is 0 Å². The molecule has 28 heavy (non-hydrogen) atoms. The summed E-state index contributed by atoms with van der Waals surface area (Å²) in [6, 6.07) is 7.92. The van der Waals surface area contributed by atoms with Gasteiger partial charge in [-0.05, 0) is 43.4 Å². The standard InChI is InChI=1S/C22H35ClN2O3/c1-3-5-14-27-21(26)25-13-7-9-19(17-25)22(11-4-2,28-15-12-24)18-8-6-10-20(23)16-18/h6,8,10,16,19H,3-5,7,9,11-15,17,24H2,1-2H3/t19?,22-/m0/s1. The Morgan fingerprint density at radius 2 is 2.14 bits per heavy atom. The van der Waals surface area contributed by atoms with Crippen LogP contribution in [-0.4, -0.2) is 43.8 Å². The van der Waals surface area contributed by atoms with E-state index in [1.807, 2.05) is 23.1 Å². The molecule has 0 aliphatic carbocycles. The van der Waals surface area contributed by atoms with E-state index in [0.29, 0.717) is 31.3 Å². The maximum absolute atomic E-state index is 12.5. The summed E-state index contributed by atoms with van der Waals surface area (Å²) in [5, 5.41) is 0.695. The third-order valence-electron chi connectivity index (χ3n) is 5.47. The number of carbonyl (C=O) groups excluding carboxylic acids is 1. The average Bonchev–Trinajstić information content (AvgIpc) is 2.71. The molecule has 1 amide bonds. The number of likely N-dealkylation sites (tertiary alicyclic amines) is 1. The van der Waals surface area contributed by atoms with Crippen molar-refractivity contribution in [1.82, 2.24) is 4.90 Å². The van der Waals surface area contributed by atoms with Crippen molar-refractivity contribution < 1.29 is 14.3 Å². The van der Waals surface area contributed by atoms with Crippen LogP contribution in [0.2, 0.25) is 5.02 Å². The lowest BCUT2D eigenvalue weighted by molar-refractivity contribution is -0.112. The maximum atomic E-state index is 12.5. The fraction of sp³-hybridized carbons (Fsp3) is 0.682. The Labute approximate surface area is 174 Å². The lowest BCUT2D eigenvalue weighted by atomic mass is 9.74. The van der Waals surface area contributed by atoms with Crippen LogP contribution >= 0.6 is 11.6 Å². The van der Waals surface area contributed by atoms with E-state index >= 15 is 0 Å². The first-order chi connectivity index (χ1) is 13.6. The van der Waals surface area contributed by atoms with Crippen molar-refractivity contribution in [3.8, 4) is 0 Å². The molecular formula is C22H35ClN2O3. The van der Waals surface area contributed by atoms with Crippen molar-refractivity contribution in [2.75, 3.05) is 32.8 Å². The van der Waals surface area contributed by atoms with Crippen molar-refractivity contribution >= 4 is 17.7 Å². The Hall–Kier alpha value is -1.30. The predicted molar refractivity (Wildman–Crippen MR) is 114 cm³/mol. The van der Waals surface area contributed by atoms with Crippen LogP contribution in [0.4, 0.5) is 4.79 Å². The summed E-state index contributed by atoms with van der Waals surface area (Å²) in [5.74, 6) is 0.171. The van der Waals surface area contributed by atoms with Crippen molar-refractivity contribution in [3.63, 3.8) is 0 Å². The molecule has 1 unspecified atom stereocenters. The van der Waals surface area contributed by atoms with Gasteiger partial charge in [0.2, 0.25) is 0 Å². The Kier molecular flexibility index (Phi) is 9.56. The van der Waals surface area contributed by atoms with E-state index in [9.17, 15) is 4.79 Å². The van der Waals surface area contributed by atoms with Crippen LogP contribution < -0.4 is 5.73 Å². The topological polar surface area (TPSA) is 64.8 Å². The Bertz CT molecular complexity index is 613. The van der Waals surface area contributed by atoms with Crippen molar-refractivity contribution in [1.29, 1.82) is 0 Å². The van der Waals surface area contributed by atoms with Crippen LogP contribution in [0.15, 0.2) is 24.3 Å². The van der Waals surface area contributed by atoms with E-state index in [-0.39, 0.29) is 12.0 Å². The van der Waals surface area contributed by atoms with Crippen molar-refractivity contribution in [3.05, 3.63) is 34.9 Å². The summed E-state index contributed by atoms with van der Waals surface area (Å²) >= 11 is 6.31. The van der Waals surface area contributed by atoms with Gasteiger partial charge in [-0.2, -0.15) is 0 Å². The number of hydrogen-bond donors (Lipinski definition) is 1.